The molecule has 2 fully saturated rings. The van der Waals surface area contributed by atoms with Gasteiger partial charge in [-0.3, -0.25) is 9.59 Å². The number of piperidine rings is 1. The molecule has 2 amide bonds. The number of carbonyl (C=O) groups is 2. The van der Waals surface area contributed by atoms with E-state index < -0.39 is 0 Å². The summed E-state index contributed by atoms with van der Waals surface area (Å²) in [4.78, 5) is 35.8. The number of amides is 2. The summed E-state index contributed by atoms with van der Waals surface area (Å²) < 4.78 is 5.58. The zero-order chi connectivity index (χ0) is 19.5. The molecule has 148 valence electrons. The third-order valence-corrected chi connectivity index (χ3v) is 5.69. The number of oxazole rings is 1. The lowest BCUT2D eigenvalue weighted by atomic mass is 9.97. The van der Waals surface area contributed by atoms with Crippen LogP contribution in [-0.4, -0.2) is 39.8 Å². The minimum Gasteiger partial charge on any atom is -0.448 e. The molecule has 1 aliphatic heterocycles. The third kappa shape index (κ3) is 4.08. The third-order valence-electron chi connectivity index (χ3n) is 5.69. The van der Waals surface area contributed by atoms with Gasteiger partial charge in [-0.05, 0) is 44.2 Å². The summed E-state index contributed by atoms with van der Waals surface area (Å²) in [5.74, 6) is 1.06. The Labute approximate surface area is 164 Å². The Bertz CT molecular complexity index is 840. The van der Waals surface area contributed by atoms with Crippen LogP contribution in [0.4, 0.5) is 5.82 Å². The fraction of sp³-hybridized carbons (Fsp3) is 0.524. The highest BCUT2D eigenvalue weighted by Crippen LogP contribution is 2.33. The molecule has 0 spiro atoms. The normalized spacial score (nSPS) is 20.3. The first-order chi connectivity index (χ1) is 13.6. The van der Waals surface area contributed by atoms with E-state index in [9.17, 15) is 9.59 Å². The number of rotatable bonds is 4. The molecule has 1 saturated carbocycles. The van der Waals surface area contributed by atoms with E-state index in [-0.39, 0.29) is 17.7 Å². The maximum atomic E-state index is 12.9. The zero-order valence-electron chi connectivity index (χ0n) is 16.2. The molecule has 0 unspecified atom stereocenters. The largest absolute Gasteiger partial charge is 0.448 e. The fourth-order valence-electron chi connectivity index (χ4n) is 4.05. The topological polar surface area (TPSA) is 88.3 Å². The highest BCUT2D eigenvalue weighted by atomic mass is 16.3. The average molecular weight is 382 g/mol. The number of aromatic nitrogens is 2. The molecule has 0 aromatic carbocycles. The number of carbonyl (C=O) groups excluding carboxylic acids is 2. The standard InChI is InChI=1S/C21H26N4O3/c1-14-8-9-18(22-11-14)24-19(26)16-7-4-10-25(12-16)21(27)17-13-28-20(23-17)15-5-2-3-6-15/h8-9,11,13,15-16H,2-7,10,12H2,1H3,(H,22,24,26)/t16-/m1/s1. The predicted molar refractivity (Wildman–Crippen MR) is 104 cm³/mol. The Balaban J connectivity index is 1.38. The number of pyridine rings is 1. The van der Waals surface area contributed by atoms with Crippen LogP contribution in [-0.2, 0) is 4.79 Å². The summed E-state index contributed by atoms with van der Waals surface area (Å²) >= 11 is 0. The Morgan fingerprint density at radius 2 is 2.00 bits per heavy atom. The van der Waals surface area contributed by atoms with Crippen molar-refractivity contribution in [1.29, 1.82) is 0 Å². The van der Waals surface area contributed by atoms with Crippen molar-refractivity contribution < 1.29 is 14.0 Å². The van der Waals surface area contributed by atoms with Crippen molar-refractivity contribution in [1.82, 2.24) is 14.9 Å². The van der Waals surface area contributed by atoms with Crippen LogP contribution in [0.25, 0.3) is 0 Å². The molecule has 1 aliphatic carbocycles. The van der Waals surface area contributed by atoms with Crippen molar-refractivity contribution in [3.05, 3.63) is 41.7 Å². The summed E-state index contributed by atoms with van der Waals surface area (Å²) in [6, 6.07) is 3.70. The van der Waals surface area contributed by atoms with Gasteiger partial charge in [0.2, 0.25) is 5.91 Å². The molecule has 1 saturated heterocycles. The zero-order valence-corrected chi connectivity index (χ0v) is 16.2. The highest BCUT2D eigenvalue weighted by Gasteiger charge is 2.31. The summed E-state index contributed by atoms with van der Waals surface area (Å²) in [5.41, 5.74) is 1.39. The van der Waals surface area contributed by atoms with Crippen LogP contribution in [0.2, 0.25) is 0 Å². The molecular formula is C21H26N4O3. The average Bonchev–Trinajstić information content (AvgIpc) is 3.41. The number of hydrogen-bond donors (Lipinski definition) is 1. The lowest BCUT2D eigenvalue weighted by molar-refractivity contribution is -0.121. The summed E-state index contributed by atoms with van der Waals surface area (Å²) in [5, 5.41) is 2.86. The Hall–Kier alpha value is -2.70. The predicted octanol–water partition coefficient (Wildman–Crippen LogP) is 3.53. The molecule has 28 heavy (non-hydrogen) atoms. The molecule has 1 N–H and O–H groups in total. The summed E-state index contributed by atoms with van der Waals surface area (Å²) in [6.45, 7) is 2.98. The lowest BCUT2D eigenvalue weighted by Gasteiger charge is -2.31. The van der Waals surface area contributed by atoms with Gasteiger partial charge in [0.05, 0.1) is 5.92 Å². The molecule has 0 bridgehead atoms. The molecule has 7 heteroatoms. The smallest absolute Gasteiger partial charge is 0.275 e. The SMILES string of the molecule is Cc1ccc(NC(=O)[C@@H]2CCCN(C(=O)c3coc(C4CCCC4)n3)C2)nc1. The molecule has 3 heterocycles. The van der Waals surface area contributed by atoms with Gasteiger partial charge >= 0.3 is 0 Å². The van der Waals surface area contributed by atoms with Crippen LogP contribution in [0.15, 0.2) is 29.0 Å². The van der Waals surface area contributed by atoms with Gasteiger partial charge in [0.15, 0.2) is 11.6 Å². The van der Waals surface area contributed by atoms with E-state index in [2.05, 4.69) is 15.3 Å². The fourth-order valence-corrected chi connectivity index (χ4v) is 4.05. The Morgan fingerprint density at radius 1 is 1.18 bits per heavy atom. The quantitative estimate of drug-likeness (QED) is 0.874. The number of likely N-dealkylation sites (tertiary alicyclic amines) is 1. The van der Waals surface area contributed by atoms with E-state index in [1.807, 2.05) is 13.0 Å². The van der Waals surface area contributed by atoms with Crippen molar-refractivity contribution in [3.63, 3.8) is 0 Å². The number of hydrogen-bond acceptors (Lipinski definition) is 5. The highest BCUT2D eigenvalue weighted by molar-refractivity contribution is 5.94. The van der Waals surface area contributed by atoms with E-state index in [1.165, 1.54) is 19.1 Å². The molecule has 0 radical (unpaired) electrons. The Morgan fingerprint density at radius 3 is 2.75 bits per heavy atom. The van der Waals surface area contributed by atoms with Crippen LogP contribution < -0.4 is 5.32 Å². The monoisotopic (exact) mass is 382 g/mol. The van der Waals surface area contributed by atoms with E-state index in [0.29, 0.717) is 36.4 Å². The minimum absolute atomic E-state index is 0.0966. The number of anilines is 1. The second-order valence-electron chi connectivity index (χ2n) is 7.85. The van der Waals surface area contributed by atoms with Crippen molar-refractivity contribution in [2.24, 2.45) is 5.92 Å². The van der Waals surface area contributed by atoms with Crippen molar-refractivity contribution >= 4 is 17.6 Å². The van der Waals surface area contributed by atoms with E-state index >= 15 is 0 Å². The van der Waals surface area contributed by atoms with Gasteiger partial charge in [0, 0.05) is 25.2 Å². The van der Waals surface area contributed by atoms with Gasteiger partial charge in [-0.15, -0.1) is 0 Å². The van der Waals surface area contributed by atoms with Gasteiger partial charge in [-0.25, -0.2) is 9.97 Å². The molecule has 2 aliphatic rings. The van der Waals surface area contributed by atoms with Crippen molar-refractivity contribution in [2.75, 3.05) is 18.4 Å². The molecular weight excluding hydrogens is 356 g/mol. The first-order valence-corrected chi connectivity index (χ1v) is 10.1. The minimum atomic E-state index is -0.248. The number of aryl methyl sites for hydroxylation is 1. The van der Waals surface area contributed by atoms with Gasteiger partial charge in [0.1, 0.15) is 12.1 Å². The first-order valence-electron chi connectivity index (χ1n) is 10.1. The van der Waals surface area contributed by atoms with Crippen LogP contribution in [0.3, 0.4) is 0 Å². The maximum absolute atomic E-state index is 12.9. The second-order valence-corrected chi connectivity index (χ2v) is 7.85. The molecule has 2 aromatic heterocycles. The Kier molecular flexibility index (Phi) is 5.41. The number of nitrogens with zero attached hydrogens (tertiary/aromatic N) is 3. The van der Waals surface area contributed by atoms with Gasteiger partial charge < -0.3 is 14.6 Å². The van der Waals surface area contributed by atoms with E-state index in [4.69, 9.17) is 4.42 Å². The van der Waals surface area contributed by atoms with Crippen LogP contribution in [0.1, 0.15) is 66.4 Å². The van der Waals surface area contributed by atoms with Gasteiger partial charge in [0.25, 0.3) is 5.91 Å². The number of nitrogens with one attached hydrogen (secondary N) is 1. The summed E-state index contributed by atoms with van der Waals surface area (Å²) in [7, 11) is 0. The lowest BCUT2D eigenvalue weighted by Crippen LogP contribution is -2.44. The van der Waals surface area contributed by atoms with Gasteiger partial charge in [-0.1, -0.05) is 18.9 Å². The van der Waals surface area contributed by atoms with Crippen molar-refractivity contribution in [3.8, 4) is 0 Å². The summed E-state index contributed by atoms with van der Waals surface area (Å²) in [6.07, 6.45) is 9.27. The maximum Gasteiger partial charge on any atom is 0.275 e. The van der Waals surface area contributed by atoms with Crippen LogP contribution in [0, 0.1) is 12.8 Å². The molecule has 2 aromatic rings. The molecule has 7 nitrogen and oxygen atoms in total. The van der Waals surface area contributed by atoms with Gasteiger partial charge in [-0.2, -0.15) is 0 Å². The van der Waals surface area contributed by atoms with E-state index in [1.54, 1.807) is 17.2 Å². The second kappa shape index (κ2) is 8.12. The molecule has 4 rings (SSSR count). The van der Waals surface area contributed by atoms with Crippen molar-refractivity contribution in [2.45, 2.75) is 51.4 Å². The van der Waals surface area contributed by atoms with Crippen LogP contribution >= 0.6 is 0 Å². The van der Waals surface area contributed by atoms with Crippen LogP contribution in [0.5, 0.6) is 0 Å². The molecule has 1 atom stereocenters. The first kappa shape index (κ1) is 18.7. The van der Waals surface area contributed by atoms with E-state index in [0.717, 1.165) is 31.2 Å².